The number of halogens is 1. The summed E-state index contributed by atoms with van der Waals surface area (Å²) in [4.78, 5) is 18.4. The number of pyridine rings is 1. The average molecular weight is 508 g/mol. The maximum Gasteiger partial charge on any atom is 0.250 e. The highest BCUT2D eigenvalue weighted by Crippen LogP contribution is 2.06. The van der Waals surface area contributed by atoms with Gasteiger partial charge in [-0.1, -0.05) is 42.8 Å². The van der Waals surface area contributed by atoms with E-state index in [-0.39, 0.29) is 29.5 Å². The second kappa shape index (κ2) is 14.0. The number of hydrogen-bond donors (Lipinski definition) is 1. The largest absolute Gasteiger partial charge is 0.352 e. The molecule has 2 rings (SSSR count). The second-order valence-electron chi connectivity index (χ2n) is 6.94. The smallest absolute Gasteiger partial charge is 0.250 e. The number of aromatic nitrogens is 1. The first-order valence-electron chi connectivity index (χ1n) is 9.90. The normalized spacial score (nSPS) is 10.9. The molecule has 0 unspecified atom stereocenters. The van der Waals surface area contributed by atoms with E-state index in [0.29, 0.717) is 6.54 Å². The van der Waals surface area contributed by atoms with E-state index >= 15 is 0 Å². The fourth-order valence-electron chi connectivity index (χ4n) is 3.04. The van der Waals surface area contributed by atoms with Crippen LogP contribution < -0.4 is 10.9 Å². The Morgan fingerprint density at radius 3 is 2.52 bits per heavy atom. The average Bonchev–Trinajstić information content (AvgIpc) is 2.71. The summed E-state index contributed by atoms with van der Waals surface area (Å²) < 4.78 is 1.71. The molecule has 0 bridgehead atoms. The number of benzene rings is 1. The Morgan fingerprint density at radius 1 is 1.14 bits per heavy atom. The van der Waals surface area contributed by atoms with Crippen molar-refractivity contribution in [3.05, 3.63) is 82.8 Å². The molecule has 29 heavy (non-hydrogen) atoms. The molecule has 2 aromatic rings. The van der Waals surface area contributed by atoms with Crippen molar-refractivity contribution in [3.8, 4) is 0 Å². The highest BCUT2D eigenvalue weighted by molar-refractivity contribution is 14.0. The molecule has 0 atom stereocenters. The Morgan fingerprint density at radius 2 is 1.86 bits per heavy atom. The molecule has 158 valence electrons. The SMILES string of the molecule is C=CCCCCCN(C)C(=NC)NCc1ccc(Cn2ccccc2=O)cc1.I. The first kappa shape index (κ1) is 24.9. The number of nitrogens with zero attached hydrogens (tertiary/aromatic N) is 3. The molecule has 0 radical (unpaired) electrons. The Hall–Kier alpha value is -2.09. The minimum atomic E-state index is 0. The van der Waals surface area contributed by atoms with Crippen molar-refractivity contribution in [1.82, 2.24) is 14.8 Å². The van der Waals surface area contributed by atoms with Crippen molar-refractivity contribution < 1.29 is 0 Å². The first-order valence-corrected chi connectivity index (χ1v) is 9.90. The minimum absolute atomic E-state index is 0. The molecule has 0 fully saturated rings. The highest BCUT2D eigenvalue weighted by Gasteiger charge is 2.05. The zero-order chi connectivity index (χ0) is 20.2. The lowest BCUT2D eigenvalue weighted by molar-refractivity contribution is 0.455. The van der Waals surface area contributed by atoms with Gasteiger partial charge in [0, 0.05) is 39.4 Å². The van der Waals surface area contributed by atoms with Crippen LogP contribution in [0.5, 0.6) is 0 Å². The van der Waals surface area contributed by atoms with Crippen molar-refractivity contribution in [3.63, 3.8) is 0 Å². The fraction of sp³-hybridized carbons (Fsp3) is 0.391. The third-order valence-corrected chi connectivity index (χ3v) is 4.70. The molecule has 0 spiro atoms. The number of guanidine groups is 1. The molecule has 6 heteroatoms. The number of unbranched alkanes of at least 4 members (excludes halogenated alkanes) is 3. The molecule has 5 nitrogen and oxygen atoms in total. The Labute approximate surface area is 191 Å². The summed E-state index contributed by atoms with van der Waals surface area (Å²) in [6, 6.07) is 13.6. The molecule has 0 amide bonds. The number of hydrogen-bond acceptors (Lipinski definition) is 2. The summed E-state index contributed by atoms with van der Waals surface area (Å²) in [6.45, 7) is 6.06. The van der Waals surface area contributed by atoms with E-state index in [0.717, 1.165) is 37.5 Å². The molecule has 1 aromatic heterocycles. The fourth-order valence-corrected chi connectivity index (χ4v) is 3.04. The summed E-state index contributed by atoms with van der Waals surface area (Å²) in [5.41, 5.74) is 2.31. The van der Waals surface area contributed by atoms with Crippen LogP contribution >= 0.6 is 24.0 Å². The van der Waals surface area contributed by atoms with Gasteiger partial charge in [0.25, 0.3) is 5.56 Å². The molecule has 0 aliphatic heterocycles. The maximum absolute atomic E-state index is 11.8. The lowest BCUT2D eigenvalue weighted by atomic mass is 10.1. The summed E-state index contributed by atoms with van der Waals surface area (Å²) in [6.07, 6.45) is 8.44. The molecule has 1 N–H and O–H groups in total. The second-order valence-corrected chi connectivity index (χ2v) is 6.94. The van der Waals surface area contributed by atoms with E-state index in [1.165, 1.54) is 18.4 Å². The van der Waals surface area contributed by atoms with Gasteiger partial charge < -0.3 is 14.8 Å². The number of aliphatic imine (C=N–C) groups is 1. The number of allylic oxidation sites excluding steroid dienone is 1. The molecule has 1 heterocycles. The molecule has 0 saturated carbocycles. The van der Waals surface area contributed by atoms with Gasteiger partial charge in [0.05, 0.1) is 6.54 Å². The van der Waals surface area contributed by atoms with Gasteiger partial charge in [0.1, 0.15) is 0 Å². The van der Waals surface area contributed by atoms with Crippen LogP contribution in [-0.4, -0.2) is 36.1 Å². The van der Waals surface area contributed by atoms with Crippen LogP contribution in [0.25, 0.3) is 0 Å². The first-order chi connectivity index (χ1) is 13.6. The quantitative estimate of drug-likeness (QED) is 0.172. The zero-order valence-corrected chi connectivity index (χ0v) is 19.8. The summed E-state index contributed by atoms with van der Waals surface area (Å²) in [5, 5.41) is 3.42. The van der Waals surface area contributed by atoms with Gasteiger partial charge in [-0.05, 0) is 36.5 Å². The number of rotatable bonds is 10. The van der Waals surface area contributed by atoms with Crippen LogP contribution in [0.15, 0.2) is 71.1 Å². The van der Waals surface area contributed by atoms with Gasteiger partial charge in [-0.25, -0.2) is 0 Å². The van der Waals surface area contributed by atoms with E-state index in [4.69, 9.17) is 0 Å². The van der Waals surface area contributed by atoms with E-state index in [1.54, 1.807) is 16.7 Å². The van der Waals surface area contributed by atoms with Crippen molar-refractivity contribution in [1.29, 1.82) is 0 Å². The lowest BCUT2D eigenvalue weighted by Gasteiger charge is -2.22. The Bertz CT molecular complexity index is 814. The lowest BCUT2D eigenvalue weighted by Crippen LogP contribution is -2.39. The minimum Gasteiger partial charge on any atom is -0.352 e. The Kier molecular flexibility index (Phi) is 12.0. The van der Waals surface area contributed by atoms with Crippen molar-refractivity contribution >= 4 is 29.9 Å². The Balaban J connectivity index is 0.00000420. The molecule has 0 aliphatic carbocycles. The molecule has 0 saturated heterocycles. The van der Waals surface area contributed by atoms with Crippen molar-refractivity contribution in [2.75, 3.05) is 20.6 Å². The van der Waals surface area contributed by atoms with Gasteiger partial charge in [0.15, 0.2) is 5.96 Å². The standard InChI is InChI=1S/C23H32N4O.HI/c1-4-5-6-7-9-16-26(3)23(24-2)25-18-20-12-14-21(15-13-20)19-27-17-10-8-11-22(27)28;/h4,8,10-15,17H,1,5-7,9,16,18-19H2,2-3H3,(H,24,25);1H. The van der Waals surface area contributed by atoms with Gasteiger partial charge in [-0.2, -0.15) is 0 Å². The van der Waals surface area contributed by atoms with Crippen LogP contribution in [0.2, 0.25) is 0 Å². The topological polar surface area (TPSA) is 49.6 Å². The van der Waals surface area contributed by atoms with Crippen LogP contribution in [0, 0.1) is 0 Å². The van der Waals surface area contributed by atoms with E-state index in [2.05, 4.69) is 53.1 Å². The van der Waals surface area contributed by atoms with Gasteiger partial charge in [-0.3, -0.25) is 9.79 Å². The van der Waals surface area contributed by atoms with Crippen molar-refractivity contribution in [2.45, 2.75) is 38.8 Å². The third-order valence-electron chi connectivity index (χ3n) is 4.70. The predicted octanol–water partition coefficient (Wildman–Crippen LogP) is 4.27. The summed E-state index contributed by atoms with van der Waals surface area (Å²) >= 11 is 0. The number of nitrogens with one attached hydrogen (secondary N) is 1. The molecule has 0 aliphatic rings. The van der Waals surface area contributed by atoms with Gasteiger partial charge in [-0.15, -0.1) is 30.6 Å². The van der Waals surface area contributed by atoms with Crippen LogP contribution in [0.1, 0.15) is 36.8 Å². The van der Waals surface area contributed by atoms with Gasteiger partial charge in [0.2, 0.25) is 0 Å². The maximum atomic E-state index is 11.8. The highest BCUT2D eigenvalue weighted by atomic mass is 127. The van der Waals surface area contributed by atoms with E-state index in [1.807, 2.05) is 25.4 Å². The van der Waals surface area contributed by atoms with Crippen LogP contribution in [0.4, 0.5) is 0 Å². The van der Waals surface area contributed by atoms with Crippen molar-refractivity contribution in [2.24, 2.45) is 4.99 Å². The summed E-state index contributed by atoms with van der Waals surface area (Å²) in [7, 11) is 3.89. The van der Waals surface area contributed by atoms with Gasteiger partial charge >= 0.3 is 0 Å². The molecular weight excluding hydrogens is 475 g/mol. The van der Waals surface area contributed by atoms with Crippen LogP contribution in [0.3, 0.4) is 0 Å². The van der Waals surface area contributed by atoms with E-state index in [9.17, 15) is 4.79 Å². The monoisotopic (exact) mass is 508 g/mol. The van der Waals surface area contributed by atoms with Crippen LogP contribution in [-0.2, 0) is 13.1 Å². The summed E-state index contributed by atoms with van der Waals surface area (Å²) in [5.74, 6) is 0.906. The molecular formula is C23H33IN4O. The third kappa shape index (κ3) is 8.85. The van der Waals surface area contributed by atoms with E-state index < -0.39 is 0 Å². The predicted molar refractivity (Wildman–Crippen MR) is 133 cm³/mol. The molecule has 1 aromatic carbocycles. The zero-order valence-electron chi connectivity index (χ0n) is 17.5.